The molecular weight excluding hydrogens is 159 g/mol. The van der Waals surface area contributed by atoms with E-state index in [1.807, 2.05) is 0 Å². The van der Waals surface area contributed by atoms with Gasteiger partial charge in [-0.1, -0.05) is 0 Å². The van der Waals surface area contributed by atoms with Crippen molar-refractivity contribution in [3.8, 4) is 0 Å². The molecule has 0 unspecified atom stereocenters. The fraction of sp³-hybridized carbons (Fsp3) is 0. The molecule has 0 aliphatic rings. The number of hydrogen-bond donors (Lipinski definition) is 1. The number of halogens is 1. The van der Waals surface area contributed by atoms with E-state index in [2.05, 4.69) is 16.3 Å². The van der Waals surface area contributed by atoms with E-state index in [4.69, 9.17) is 25.4 Å². The zero-order chi connectivity index (χ0) is 7.86. The smallest absolute Gasteiger partial charge is 0.311 e. The maximum atomic E-state index is 8.82. The van der Waals surface area contributed by atoms with Gasteiger partial charge in [0.1, 0.15) is 11.9 Å². The lowest BCUT2D eigenvalue weighted by atomic mass is 13.1. The van der Waals surface area contributed by atoms with Gasteiger partial charge in [0.2, 0.25) is 0 Å². The molecule has 0 atom stereocenters. The Morgan fingerprint density at radius 3 is 1.56 bits per heavy atom. The van der Waals surface area contributed by atoms with E-state index < -0.39 is 10.2 Å². The third-order valence-corrected chi connectivity index (χ3v) is 0.169. The van der Waals surface area contributed by atoms with Crippen LogP contribution in [0.2, 0.25) is 0 Å². The Balaban J connectivity index is 0. The van der Waals surface area contributed by atoms with E-state index in [0.29, 0.717) is 0 Å². The summed E-state index contributed by atoms with van der Waals surface area (Å²) in [5.74, 6) is 0. The van der Waals surface area contributed by atoms with E-state index in [0.717, 1.165) is 0 Å². The van der Waals surface area contributed by atoms with Crippen molar-refractivity contribution in [2.45, 2.75) is 0 Å². The molecule has 9 heavy (non-hydrogen) atoms. The fourth-order valence-corrected chi connectivity index (χ4v) is 0. The number of hydrogen-bond acceptors (Lipinski definition) is 5. The van der Waals surface area contributed by atoms with Crippen molar-refractivity contribution in [1.82, 2.24) is 0 Å². The zero-order valence-electron chi connectivity index (χ0n) is 3.76. The second-order valence-electron chi connectivity index (χ2n) is 0.530. The van der Waals surface area contributed by atoms with Gasteiger partial charge in [0.05, 0.1) is 0 Å². The zero-order valence-corrected chi connectivity index (χ0v) is 4.52. The summed E-state index contributed by atoms with van der Waals surface area (Å²) in [6.07, 6.45) is 0. The minimum atomic E-state index is -1.50. The van der Waals surface area contributed by atoms with E-state index in [1.165, 1.54) is 0 Å². The van der Waals surface area contributed by atoms with Crippen molar-refractivity contribution in [2.75, 3.05) is 0 Å². The van der Waals surface area contributed by atoms with Crippen molar-refractivity contribution in [3.63, 3.8) is 0 Å². The van der Waals surface area contributed by atoms with Gasteiger partial charge in [0, 0.05) is 0 Å². The van der Waals surface area contributed by atoms with Crippen LogP contribution in [0.25, 0.3) is 0 Å². The normalized spacial score (nSPS) is 6.33. The Morgan fingerprint density at radius 2 is 1.56 bits per heavy atom. The van der Waals surface area contributed by atoms with Gasteiger partial charge < -0.3 is 5.21 Å². The molecule has 0 saturated heterocycles. The van der Waals surface area contributed by atoms with Crippen LogP contribution in [-0.4, -0.2) is 15.4 Å². The maximum absolute atomic E-state index is 8.82. The molecule has 0 aromatic carbocycles. The molecule has 0 saturated carbocycles. The highest BCUT2D eigenvalue weighted by Crippen LogP contribution is 1.73. The highest BCUT2D eigenvalue weighted by molar-refractivity contribution is 6.06. The molecule has 0 heterocycles. The standard InChI is InChI=1S/ClNO3.HNO3/c1-5-2(3)4;2-1(3)4/h;(H,2,3,4). The Hall–Kier alpha value is -1.31. The first kappa shape index (κ1) is 10.6. The minimum Gasteiger partial charge on any atom is -0.328 e. The SMILES string of the molecule is O=[N+]([O-])O.O=[N+]([O-])OCl. The van der Waals surface area contributed by atoms with Crippen LogP contribution in [0.1, 0.15) is 0 Å². The summed E-state index contributed by atoms with van der Waals surface area (Å²) in [7, 11) is 0. The molecule has 0 aromatic heterocycles. The van der Waals surface area contributed by atoms with Crippen LogP contribution in [0.15, 0.2) is 0 Å². The van der Waals surface area contributed by atoms with Gasteiger partial charge in [0.25, 0.3) is 5.09 Å². The summed E-state index contributed by atoms with van der Waals surface area (Å²) in [6.45, 7) is 0. The minimum absolute atomic E-state index is 1.11. The number of rotatable bonds is 1. The fourth-order valence-electron chi connectivity index (χ4n) is 0. The summed E-state index contributed by atoms with van der Waals surface area (Å²) >= 11 is 4.14. The molecule has 54 valence electrons. The molecule has 1 N–H and O–H groups in total. The molecule has 9 heteroatoms. The lowest BCUT2D eigenvalue weighted by molar-refractivity contribution is -0.742. The summed E-state index contributed by atoms with van der Waals surface area (Å²) in [4.78, 5) is 17.2. The van der Waals surface area contributed by atoms with Gasteiger partial charge in [0.15, 0.2) is 0 Å². The van der Waals surface area contributed by atoms with Crippen molar-refractivity contribution in [2.24, 2.45) is 0 Å². The van der Waals surface area contributed by atoms with Crippen LogP contribution in [0, 0.1) is 20.2 Å². The molecule has 0 bridgehead atoms. The van der Waals surface area contributed by atoms with Gasteiger partial charge >= 0.3 is 5.09 Å². The van der Waals surface area contributed by atoms with Crippen LogP contribution < -0.4 is 0 Å². The lowest BCUT2D eigenvalue weighted by Crippen LogP contribution is -1.85. The van der Waals surface area contributed by atoms with E-state index in [-0.39, 0.29) is 0 Å². The van der Waals surface area contributed by atoms with Crippen LogP contribution in [-0.2, 0) is 4.39 Å². The monoisotopic (exact) mass is 160 g/mol. The van der Waals surface area contributed by atoms with E-state index >= 15 is 0 Å². The highest BCUT2D eigenvalue weighted by Gasteiger charge is 1.81. The van der Waals surface area contributed by atoms with Crippen LogP contribution in [0.5, 0.6) is 0 Å². The Kier molecular flexibility index (Phi) is 7.90. The molecule has 0 aliphatic heterocycles. The summed E-state index contributed by atoms with van der Waals surface area (Å²) in [5, 5.41) is 21.3. The average Bonchev–Trinajstić information content (AvgIpc) is 1.65. The van der Waals surface area contributed by atoms with E-state index in [1.54, 1.807) is 0 Å². The highest BCUT2D eigenvalue weighted by atomic mass is 35.5. The average molecular weight is 160 g/mol. The first-order valence-electron chi connectivity index (χ1n) is 1.27. The Bertz CT molecular complexity index is 95.2. The molecule has 0 amide bonds. The predicted molar refractivity (Wildman–Crippen MR) is 22.7 cm³/mol. The van der Waals surface area contributed by atoms with Gasteiger partial charge in [-0.05, 0) is 0 Å². The second kappa shape index (κ2) is 6.69. The second-order valence-corrected chi connectivity index (χ2v) is 0.668. The summed E-state index contributed by atoms with van der Waals surface area (Å²) in [6, 6.07) is 0. The van der Waals surface area contributed by atoms with Crippen molar-refractivity contribution in [3.05, 3.63) is 20.2 Å². The molecule has 0 radical (unpaired) electrons. The molecule has 0 aromatic rings. The first-order valence-corrected chi connectivity index (χ1v) is 1.58. The summed E-state index contributed by atoms with van der Waals surface area (Å²) in [5.41, 5.74) is 0. The third kappa shape index (κ3) is 309. The van der Waals surface area contributed by atoms with Crippen LogP contribution in [0.3, 0.4) is 0 Å². The van der Waals surface area contributed by atoms with Crippen molar-refractivity contribution < 1.29 is 19.8 Å². The molecule has 0 aliphatic carbocycles. The topological polar surface area (TPSA) is 116 Å². The first-order chi connectivity index (χ1) is 4.00. The molecular formula is HClN2O6. The molecule has 0 fully saturated rings. The van der Waals surface area contributed by atoms with Gasteiger partial charge in [-0.2, -0.15) is 4.39 Å². The van der Waals surface area contributed by atoms with Gasteiger partial charge in [-0.15, -0.1) is 20.2 Å². The lowest BCUT2D eigenvalue weighted by Gasteiger charge is -1.69. The summed E-state index contributed by atoms with van der Waals surface area (Å²) < 4.78 is 2.94. The van der Waals surface area contributed by atoms with E-state index in [9.17, 15) is 0 Å². The number of nitrogens with zero attached hydrogens (tertiary/aromatic N) is 2. The van der Waals surface area contributed by atoms with Gasteiger partial charge in [-0.25, -0.2) is 0 Å². The predicted octanol–water partition coefficient (Wildman–Crippen LogP) is 0.000800. The third-order valence-electron chi connectivity index (χ3n) is 0.0563. The molecule has 8 nitrogen and oxygen atoms in total. The van der Waals surface area contributed by atoms with Crippen molar-refractivity contribution >= 4 is 11.9 Å². The Labute approximate surface area is 53.0 Å². The van der Waals surface area contributed by atoms with Crippen LogP contribution >= 0.6 is 11.9 Å². The molecule has 0 rings (SSSR count). The quantitative estimate of drug-likeness (QED) is 0.426. The van der Waals surface area contributed by atoms with Crippen LogP contribution in [0.4, 0.5) is 0 Å². The Morgan fingerprint density at radius 1 is 1.44 bits per heavy atom. The molecule has 0 spiro atoms. The maximum Gasteiger partial charge on any atom is 0.311 e. The largest absolute Gasteiger partial charge is 0.328 e. The van der Waals surface area contributed by atoms with Gasteiger partial charge in [-0.3, -0.25) is 0 Å². The van der Waals surface area contributed by atoms with Crippen molar-refractivity contribution in [1.29, 1.82) is 0 Å².